The van der Waals surface area contributed by atoms with Crippen LogP contribution in [-0.2, 0) is 50.9 Å². The standard InChI is InChI=1S/C55H67Cl2N13O/c1-7-34(3)13-11-12-24-60-25-22-48(58)63-54-35(8-2)18-20-40-41(32-45-51(53(40)65-54)47(70(5)68-45)30-37-14-9-10-15-42(37)56)36-16-17-38(43(57)29-36)31-46-50-44(67-69(46)4)21-19-39-33-62-55(66-52(39)50)64-49(59)23-26-61-27-28-71-6/h9-10,14-17,20,25-26,29,33-34,41H,7-8,11-13,18-19,21-24,27-28,30-32H2,1-6H3,(H2,58,63)(H2,59,62,64,66). The van der Waals surface area contributed by atoms with Gasteiger partial charge in [0.1, 0.15) is 11.7 Å². The summed E-state index contributed by atoms with van der Waals surface area (Å²) in [5.74, 6) is 2.50. The normalized spacial score (nSPS) is 16.5. The van der Waals surface area contributed by atoms with Gasteiger partial charge in [-0.3, -0.25) is 19.3 Å². The molecule has 372 valence electrons. The minimum absolute atomic E-state index is 0.0711. The van der Waals surface area contributed by atoms with E-state index in [4.69, 9.17) is 64.6 Å². The first-order chi connectivity index (χ1) is 34.5. The molecular formula is C55H67Cl2N13O. The van der Waals surface area contributed by atoms with Crippen LogP contribution in [0.1, 0.15) is 129 Å². The average Bonchev–Trinajstić information content (AvgIpc) is 3.78. The van der Waals surface area contributed by atoms with E-state index >= 15 is 0 Å². The van der Waals surface area contributed by atoms with Gasteiger partial charge in [-0.15, -0.1) is 0 Å². The summed E-state index contributed by atoms with van der Waals surface area (Å²) in [5.41, 5.74) is 27.0. The maximum Gasteiger partial charge on any atom is 0.251 e. The predicted octanol–water partition coefficient (Wildman–Crippen LogP) is 10.4. The van der Waals surface area contributed by atoms with Crippen LogP contribution < -0.4 is 11.5 Å². The van der Waals surface area contributed by atoms with Crippen LogP contribution in [0.15, 0.2) is 96.7 Å². The van der Waals surface area contributed by atoms with E-state index in [1.807, 2.05) is 54.1 Å². The van der Waals surface area contributed by atoms with E-state index in [0.29, 0.717) is 85.2 Å². The Balaban J connectivity index is 1.10. The number of unbranched alkanes of at least 4 members (excludes halogenated alkanes) is 1. The first-order valence-corrected chi connectivity index (χ1v) is 25.8. The summed E-state index contributed by atoms with van der Waals surface area (Å²) in [6, 6.07) is 14.5. The highest BCUT2D eigenvalue weighted by Gasteiger charge is 2.37. The maximum atomic E-state index is 7.38. The van der Waals surface area contributed by atoms with Crippen molar-refractivity contribution in [3.8, 4) is 11.3 Å². The molecule has 2 aliphatic carbocycles. The summed E-state index contributed by atoms with van der Waals surface area (Å²) in [6.45, 7) is 8.62. The lowest BCUT2D eigenvalue weighted by Crippen LogP contribution is -2.24. The van der Waals surface area contributed by atoms with E-state index in [9.17, 15) is 0 Å². The van der Waals surface area contributed by atoms with Crippen LogP contribution in [-0.4, -0.2) is 86.1 Å². The van der Waals surface area contributed by atoms with E-state index in [1.54, 1.807) is 13.3 Å². The Hall–Kier alpha value is -6.09. The number of ether oxygens (including phenoxy) is 1. The molecule has 2 atom stereocenters. The Morgan fingerprint density at radius 3 is 2.32 bits per heavy atom. The lowest BCUT2D eigenvalue weighted by atomic mass is 9.76. The number of rotatable bonds is 21. The van der Waals surface area contributed by atoms with E-state index in [-0.39, 0.29) is 5.92 Å². The van der Waals surface area contributed by atoms with Crippen molar-refractivity contribution in [2.24, 2.45) is 56.4 Å². The molecule has 0 spiro atoms. The second-order valence-corrected chi connectivity index (χ2v) is 19.6. The zero-order valence-electron chi connectivity index (χ0n) is 42.1. The van der Waals surface area contributed by atoms with Crippen molar-refractivity contribution < 1.29 is 4.74 Å². The number of aryl methyl sites for hydroxylation is 4. The number of nitrogens with two attached hydrogens (primary N) is 2. The molecule has 1 aliphatic heterocycles. The first kappa shape index (κ1) is 51.3. The van der Waals surface area contributed by atoms with Crippen molar-refractivity contribution >= 4 is 59.0 Å². The fourth-order valence-electron chi connectivity index (χ4n) is 9.62. The molecule has 16 heteroatoms. The van der Waals surface area contributed by atoms with E-state index in [1.165, 1.54) is 19.3 Å². The van der Waals surface area contributed by atoms with E-state index in [0.717, 1.165) is 117 Å². The van der Waals surface area contributed by atoms with Gasteiger partial charge in [0, 0.05) is 106 Å². The monoisotopic (exact) mass is 995 g/mol. The smallest absolute Gasteiger partial charge is 0.251 e. The maximum absolute atomic E-state index is 7.38. The molecule has 14 nitrogen and oxygen atoms in total. The minimum atomic E-state index is -0.0711. The van der Waals surface area contributed by atoms with Gasteiger partial charge in [-0.25, -0.2) is 20.0 Å². The van der Waals surface area contributed by atoms with Gasteiger partial charge in [0.05, 0.1) is 47.3 Å². The first-order valence-electron chi connectivity index (χ1n) is 25.1. The van der Waals surface area contributed by atoms with Crippen LogP contribution >= 0.6 is 23.2 Å². The molecule has 0 amide bonds. The number of nitrogens with zero attached hydrogens (tertiary/aromatic N) is 11. The molecule has 0 fully saturated rings. The minimum Gasteiger partial charge on any atom is -0.387 e. The molecule has 0 bridgehead atoms. The SMILES string of the molecule is CCC1=C(N=C(N)CC=NCCCCC(C)CC)N=C2C(=CC1)C(c1ccc(Cc3c4c(nn3C)CCc3cnc(N=C(N)CC=NCCOC)nc3-4)c(Cl)c1)Cc1nn(C)c(Cc3ccccc3Cl)c12. The number of methoxy groups -OCH3 is 1. The Labute approximate surface area is 428 Å². The number of benzene rings is 2. The number of halogens is 2. The van der Waals surface area contributed by atoms with Gasteiger partial charge in [0.2, 0.25) is 0 Å². The van der Waals surface area contributed by atoms with Gasteiger partial charge in [0.25, 0.3) is 5.95 Å². The molecule has 3 aromatic heterocycles. The fraction of sp³-hybridized carbons (Fsp3) is 0.436. The number of amidine groups is 2. The van der Waals surface area contributed by atoms with Crippen LogP contribution in [0.3, 0.4) is 0 Å². The van der Waals surface area contributed by atoms with Crippen molar-refractivity contribution in [2.45, 2.75) is 110 Å². The van der Waals surface area contributed by atoms with E-state index < -0.39 is 0 Å². The highest BCUT2D eigenvalue weighted by molar-refractivity contribution is 6.31. The van der Waals surface area contributed by atoms with Crippen LogP contribution in [0.5, 0.6) is 0 Å². The van der Waals surface area contributed by atoms with Crippen molar-refractivity contribution in [2.75, 3.05) is 26.8 Å². The number of allylic oxidation sites excluding steroid dienone is 3. The van der Waals surface area contributed by atoms with Crippen LogP contribution in [0.4, 0.5) is 5.95 Å². The topological polar surface area (TPSA) is 184 Å². The summed E-state index contributed by atoms with van der Waals surface area (Å²) in [6.07, 6.45) is 18.2. The van der Waals surface area contributed by atoms with Crippen molar-refractivity contribution in [3.63, 3.8) is 0 Å². The molecule has 71 heavy (non-hydrogen) atoms. The van der Waals surface area contributed by atoms with Gasteiger partial charge in [-0.05, 0) is 83.6 Å². The van der Waals surface area contributed by atoms with Crippen molar-refractivity contribution in [1.82, 2.24) is 29.5 Å². The number of aliphatic imine (C=N–C) groups is 5. The molecule has 3 aliphatic rings. The zero-order chi connectivity index (χ0) is 50.0. The molecule has 2 unspecified atom stereocenters. The molecule has 4 heterocycles. The Bertz CT molecular complexity index is 2950. The Kier molecular flexibility index (Phi) is 17.2. The van der Waals surface area contributed by atoms with E-state index in [2.05, 4.69) is 71.1 Å². The molecule has 8 rings (SSSR count). The van der Waals surface area contributed by atoms with Gasteiger partial charge < -0.3 is 16.2 Å². The molecule has 5 aromatic rings. The summed E-state index contributed by atoms with van der Waals surface area (Å²) in [4.78, 5) is 33.5. The van der Waals surface area contributed by atoms with Crippen LogP contribution in [0, 0.1) is 5.92 Å². The molecule has 4 N–H and O–H groups in total. The number of aromatic nitrogens is 6. The van der Waals surface area contributed by atoms with Crippen molar-refractivity contribution in [3.05, 3.63) is 132 Å². The number of hydrogen-bond donors (Lipinski definition) is 2. The highest BCUT2D eigenvalue weighted by Crippen LogP contribution is 2.43. The quantitative estimate of drug-likeness (QED) is 0.0416. The molecule has 0 saturated carbocycles. The van der Waals surface area contributed by atoms with Crippen LogP contribution in [0.25, 0.3) is 11.3 Å². The zero-order valence-corrected chi connectivity index (χ0v) is 43.6. The highest BCUT2D eigenvalue weighted by atomic mass is 35.5. The molecule has 2 aromatic carbocycles. The van der Waals surface area contributed by atoms with Gasteiger partial charge in [-0.2, -0.15) is 15.2 Å². The predicted molar refractivity (Wildman–Crippen MR) is 290 cm³/mol. The Morgan fingerprint density at radius 1 is 0.873 bits per heavy atom. The summed E-state index contributed by atoms with van der Waals surface area (Å²) in [7, 11) is 5.64. The number of hydrogen-bond acceptors (Lipinski definition) is 10. The summed E-state index contributed by atoms with van der Waals surface area (Å²) < 4.78 is 9.01. The third kappa shape index (κ3) is 12.2. The number of fused-ring (bicyclic) bond motifs is 6. The molecular weight excluding hydrogens is 930 g/mol. The summed E-state index contributed by atoms with van der Waals surface area (Å²) >= 11 is 14.2. The Morgan fingerprint density at radius 2 is 1.59 bits per heavy atom. The lowest BCUT2D eigenvalue weighted by Gasteiger charge is -2.28. The summed E-state index contributed by atoms with van der Waals surface area (Å²) in [5, 5.41) is 11.5. The van der Waals surface area contributed by atoms with Crippen LogP contribution in [0.2, 0.25) is 10.0 Å². The average molecular weight is 997 g/mol. The van der Waals surface area contributed by atoms with Gasteiger partial charge >= 0.3 is 0 Å². The molecule has 0 saturated heterocycles. The van der Waals surface area contributed by atoms with Crippen molar-refractivity contribution in [1.29, 1.82) is 0 Å². The van der Waals surface area contributed by atoms with Gasteiger partial charge in [0.15, 0.2) is 5.82 Å². The second kappa shape index (κ2) is 23.9. The fourth-order valence-corrected chi connectivity index (χ4v) is 10.1. The molecule has 0 radical (unpaired) electrons. The third-order valence-corrected chi connectivity index (χ3v) is 14.6. The van der Waals surface area contributed by atoms with Gasteiger partial charge in [-0.1, -0.05) is 99.6 Å². The third-order valence-electron chi connectivity index (χ3n) is 13.9. The second-order valence-electron chi connectivity index (χ2n) is 18.8. The lowest BCUT2D eigenvalue weighted by molar-refractivity contribution is 0.208. The largest absolute Gasteiger partial charge is 0.387 e.